The van der Waals surface area contributed by atoms with Gasteiger partial charge in [0, 0.05) is 31.0 Å². The summed E-state index contributed by atoms with van der Waals surface area (Å²) in [4.78, 5) is 9.37. The SMILES string of the molecule is Cn1c(=S)c(=C(NCc2ccc(-c3ccccn3)cc2)Nc2ccccc2)c(=N)n2c1=NC1CCCC12. The minimum Gasteiger partial charge on any atom is -0.367 e. The third kappa shape index (κ3) is 4.38. The number of rotatable bonds is 6. The summed E-state index contributed by atoms with van der Waals surface area (Å²) in [5.74, 6) is 0.724. The molecule has 1 fully saturated rings. The molecule has 7 nitrogen and oxygen atoms in total. The van der Waals surface area contributed by atoms with Gasteiger partial charge in [-0.05, 0) is 49.1 Å². The molecule has 0 radical (unpaired) electrons. The van der Waals surface area contributed by atoms with Crippen LogP contribution in [0.5, 0.6) is 0 Å². The molecule has 2 aliphatic rings. The maximum Gasteiger partial charge on any atom is 0.208 e. The number of fused-ring (bicyclic) bond motifs is 3. The molecule has 4 aromatic rings. The lowest BCUT2D eigenvalue weighted by Gasteiger charge is -2.18. The molecule has 2 aromatic heterocycles. The third-order valence-electron chi connectivity index (χ3n) is 7.25. The van der Waals surface area contributed by atoms with E-state index in [0.717, 1.165) is 53.2 Å². The largest absolute Gasteiger partial charge is 0.367 e. The number of anilines is 1. The maximum absolute atomic E-state index is 9.23. The zero-order chi connectivity index (χ0) is 25.4. The minimum atomic E-state index is 0.236. The van der Waals surface area contributed by atoms with Gasteiger partial charge in [-0.3, -0.25) is 15.0 Å². The van der Waals surface area contributed by atoms with E-state index in [4.69, 9.17) is 17.2 Å². The summed E-state index contributed by atoms with van der Waals surface area (Å²) in [5, 5.41) is 17.0. The Labute approximate surface area is 220 Å². The molecule has 2 atom stereocenters. The fraction of sp³-hybridized carbons (Fsp3) is 0.241. The van der Waals surface area contributed by atoms with Gasteiger partial charge in [0.2, 0.25) is 5.62 Å². The van der Waals surface area contributed by atoms with E-state index in [2.05, 4.69) is 44.5 Å². The van der Waals surface area contributed by atoms with E-state index in [-0.39, 0.29) is 12.1 Å². The Hall–Kier alpha value is -4.04. The molecule has 1 aliphatic carbocycles. The van der Waals surface area contributed by atoms with Crippen LogP contribution in [-0.4, -0.2) is 20.2 Å². The van der Waals surface area contributed by atoms with Crippen molar-refractivity contribution in [3.8, 4) is 11.3 Å². The predicted molar refractivity (Wildman–Crippen MR) is 148 cm³/mol. The van der Waals surface area contributed by atoms with Gasteiger partial charge in [0.25, 0.3) is 0 Å². The molecule has 2 aromatic carbocycles. The highest BCUT2D eigenvalue weighted by molar-refractivity contribution is 7.71. The summed E-state index contributed by atoms with van der Waals surface area (Å²) >= 11 is 5.91. The molecule has 0 saturated heterocycles. The van der Waals surface area contributed by atoms with Crippen molar-refractivity contribution in [3.63, 3.8) is 0 Å². The van der Waals surface area contributed by atoms with Gasteiger partial charge in [0.1, 0.15) is 15.9 Å². The Bertz CT molecular complexity index is 1670. The van der Waals surface area contributed by atoms with E-state index in [1.54, 1.807) is 0 Å². The van der Waals surface area contributed by atoms with Crippen molar-refractivity contribution in [1.29, 1.82) is 5.41 Å². The second-order valence-electron chi connectivity index (χ2n) is 9.58. The van der Waals surface area contributed by atoms with Crippen LogP contribution < -0.4 is 27.0 Å². The Morgan fingerprint density at radius 1 is 1.03 bits per heavy atom. The van der Waals surface area contributed by atoms with Crippen molar-refractivity contribution in [2.24, 2.45) is 12.0 Å². The molecular weight excluding hydrogens is 478 g/mol. The summed E-state index contributed by atoms with van der Waals surface area (Å²) in [6.07, 6.45) is 5.07. The van der Waals surface area contributed by atoms with Crippen molar-refractivity contribution in [2.45, 2.75) is 37.9 Å². The molecular formula is C29H29N7S. The number of aromatic nitrogens is 3. The van der Waals surface area contributed by atoms with Crippen LogP contribution in [0.25, 0.3) is 17.1 Å². The second kappa shape index (κ2) is 9.78. The van der Waals surface area contributed by atoms with E-state index < -0.39 is 0 Å². The second-order valence-corrected chi connectivity index (χ2v) is 9.97. The van der Waals surface area contributed by atoms with Crippen LogP contribution in [0.3, 0.4) is 0 Å². The van der Waals surface area contributed by atoms with Gasteiger partial charge >= 0.3 is 0 Å². The molecule has 186 valence electrons. The topological polar surface area (TPSA) is 83.0 Å². The molecule has 8 heteroatoms. The normalized spacial score (nSPS) is 18.5. The monoisotopic (exact) mass is 507 g/mol. The average Bonchev–Trinajstić information content (AvgIpc) is 3.54. The first-order valence-electron chi connectivity index (χ1n) is 12.6. The predicted octanol–water partition coefficient (Wildman–Crippen LogP) is 3.79. The van der Waals surface area contributed by atoms with Crippen LogP contribution in [0.2, 0.25) is 0 Å². The quantitative estimate of drug-likeness (QED) is 0.347. The number of nitrogens with one attached hydrogen (secondary N) is 3. The molecule has 3 heterocycles. The van der Waals surface area contributed by atoms with Gasteiger partial charge in [0.15, 0.2) is 0 Å². The average molecular weight is 508 g/mol. The van der Waals surface area contributed by atoms with Crippen molar-refractivity contribution in [1.82, 2.24) is 19.4 Å². The summed E-state index contributed by atoms with van der Waals surface area (Å²) in [5.41, 5.74) is 5.29. The molecule has 3 N–H and O–H groups in total. The zero-order valence-electron chi connectivity index (χ0n) is 20.7. The van der Waals surface area contributed by atoms with Crippen LogP contribution in [-0.2, 0) is 13.6 Å². The Morgan fingerprint density at radius 2 is 1.81 bits per heavy atom. The van der Waals surface area contributed by atoms with Gasteiger partial charge in [0.05, 0.1) is 23.0 Å². The number of benzene rings is 2. The Morgan fingerprint density at radius 3 is 2.57 bits per heavy atom. The van der Waals surface area contributed by atoms with E-state index in [9.17, 15) is 5.41 Å². The molecule has 6 rings (SSSR count). The first-order chi connectivity index (χ1) is 18.1. The number of para-hydroxylation sites is 1. The van der Waals surface area contributed by atoms with Gasteiger partial charge in [-0.15, -0.1) is 0 Å². The molecule has 0 amide bonds. The lowest BCUT2D eigenvalue weighted by atomic mass is 10.1. The van der Waals surface area contributed by atoms with Crippen molar-refractivity contribution < 1.29 is 0 Å². The van der Waals surface area contributed by atoms with Gasteiger partial charge < -0.3 is 15.2 Å². The first kappa shape index (κ1) is 23.4. The standard InChI is InChI=1S/C29H29N7S/c1-35-28(37)25(26(30)36-24-12-7-11-23(24)34-29(35)36)27(33-21-8-3-2-4-9-21)32-18-19-13-15-20(16-14-19)22-10-5-6-17-31-22/h2-6,8-10,13-17,23-24,30,32-33H,7,11-12,18H2,1H3. The summed E-state index contributed by atoms with van der Waals surface area (Å²) in [6.45, 7) is 0.577. The zero-order valence-corrected chi connectivity index (χ0v) is 21.5. The van der Waals surface area contributed by atoms with Crippen LogP contribution in [0, 0.1) is 10.0 Å². The number of hydrogen-bond acceptors (Lipinski definition) is 6. The van der Waals surface area contributed by atoms with Gasteiger partial charge in [-0.2, -0.15) is 0 Å². The van der Waals surface area contributed by atoms with E-state index in [1.165, 1.54) is 0 Å². The molecule has 1 saturated carbocycles. The molecule has 1 aliphatic heterocycles. The van der Waals surface area contributed by atoms with Crippen LogP contribution in [0.15, 0.2) is 84.0 Å². The van der Waals surface area contributed by atoms with Gasteiger partial charge in [-0.25, -0.2) is 4.99 Å². The smallest absolute Gasteiger partial charge is 0.208 e. The van der Waals surface area contributed by atoms with Crippen molar-refractivity contribution in [2.75, 3.05) is 5.32 Å². The number of pyridine rings is 1. The Balaban J connectivity index is 1.41. The number of nitrogens with zero attached hydrogens (tertiary/aromatic N) is 4. The fourth-order valence-corrected chi connectivity index (χ4v) is 5.61. The molecule has 37 heavy (non-hydrogen) atoms. The lowest BCUT2D eigenvalue weighted by Crippen LogP contribution is -2.50. The maximum atomic E-state index is 9.23. The van der Waals surface area contributed by atoms with Crippen LogP contribution >= 0.6 is 12.2 Å². The summed E-state index contributed by atoms with van der Waals surface area (Å²) < 4.78 is 4.63. The van der Waals surface area contributed by atoms with Crippen LogP contribution in [0.4, 0.5) is 5.69 Å². The highest BCUT2D eigenvalue weighted by Gasteiger charge is 2.34. The molecule has 2 unspecified atom stereocenters. The number of hydrogen-bond donors (Lipinski definition) is 3. The molecule has 0 spiro atoms. The summed E-state index contributed by atoms with van der Waals surface area (Å²) in [6, 6.07) is 24.8. The van der Waals surface area contributed by atoms with E-state index in [1.807, 2.05) is 66.3 Å². The minimum absolute atomic E-state index is 0.236. The third-order valence-corrected chi connectivity index (χ3v) is 7.72. The Kier molecular flexibility index (Phi) is 6.18. The van der Waals surface area contributed by atoms with Gasteiger partial charge in [-0.1, -0.05) is 60.7 Å². The van der Waals surface area contributed by atoms with Crippen LogP contribution in [0.1, 0.15) is 30.9 Å². The molecule has 0 bridgehead atoms. The van der Waals surface area contributed by atoms with E-state index >= 15 is 0 Å². The van der Waals surface area contributed by atoms with Crippen molar-refractivity contribution in [3.05, 3.63) is 106 Å². The highest BCUT2D eigenvalue weighted by Crippen LogP contribution is 2.32. The summed E-state index contributed by atoms with van der Waals surface area (Å²) in [7, 11) is 1.96. The first-order valence-corrected chi connectivity index (χ1v) is 13.1. The van der Waals surface area contributed by atoms with Crippen molar-refractivity contribution >= 4 is 23.7 Å². The lowest BCUT2D eigenvalue weighted by molar-refractivity contribution is 0.467. The fourth-order valence-electron chi connectivity index (χ4n) is 5.33. The van der Waals surface area contributed by atoms with E-state index in [0.29, 0.717) is 21.9 Å². The highest BCUT2D eigenvalue weighted by atomic mass is 32.1.